The minimum atomic E-state index is -0.700. The van der Waals surface area contributed by atoms with Crippen molar-refractivity contribution in [1.29, 1.82) is 0 Å². The van der Waals surface area contributed by atoms with Crippen molar-refractivity contribution in [2.45, 2.75) is 26.8 Å². The molecular weight excluding hydrogens is 315 g/mol. The van der Waals surface area contributed by atoms with Crippen LogP contribution in [0, 0.1) is 5.95 Å². The number of aromatic nitrogens is 3. The van der Waals surface area contributed by atoms with Crippen molar-refractivity contribution in [3.05, 3.63) is 23.6 Å². The standard InChI is InChI=1S/C16H19FN4O3/c1-3-18-11-7-6-10(14(17)19-11)13-12(16(22)23-4-2)15-21(20-13)8-5-9-24-15/h6-7H,3-5,8-9H2,1-2H3,(H,18,19). The Labute approximate surface area is 138 Å². The SMILES string of the molecule is CCNc1ccc(-c2nn3c(c2C(=O)OCC)OCCC3)c(F)n1. The van der Waals surface area contributed by atoms with Crippen LogP contribution in [0.5, 0.6) is 5.88 Å². The van der Waals surface area contributed by atoms with Crippen LogP contribution in [-0.4, -0.2) is 40.5 Å². The van der Waals surface area contributed by atoms with E-state index < -0.39 is 11.9 Å². The van der Waals surface area contributed by atoms with E-state index in [9.17, 15) is 9.18 Å². The third-order valence-electron chi connectivity index (χ3n) is 3.60. The van der Waals surface area contributed by atoms with Crippen LogP contribution >= 0.6 is 0 Å². The number of carbonyl (C=O) groups is 1. The highest BCUT2D eigenvalue weighted by Crippen LogP contribution is 2.34. The van der Waals surface area contributed by atoms with Crippen LogP contribution in [0.4, 0.5) is 10.2 Å². The van der Waals surface area contributed by atoms with Crippen LogP contribution in [0.15, 0.2) is 12.1 Å². The lowest BCUT2D eigenvalue weighted by Gasteiger charge is -2.15. The number of ether oxygens (including phenoxy) is 2. The first-order chi connectivity index (χ1) is 11.7. The largest absolute Gasteiger partial charge is 0.477 e. The van der Waals surface area contributed by atoms with E-state index in [2.05, 4.69) is 15.4 Å². The van der Waals surface area contributed by atoms with Crippen LogP contribution in [0.25, 0.3) is 11.3 Å². The van der Waals surface area contributed by atoms with Gasteiger partial charge in [0.25, 0.3) is 0 Å². The number of hydrogen-bond acceptors (Lipinski definition) is 6. The van der Waals surface area contributed by atoms with Crippen LogP contribution < -0.4 is 10.1 Å². The molecule has 0 saturated carbocycles. The van der Waals surface area contributed by atoms with Crippen molar-refractivity contribution in [2.24, 2.45) is 0 Å². The Morgan fingerprint density at radius 1 is 1.46 bits per heavy atom. The monoisotopic (exact) mass is 334 g/mol. The summed E-state index contributed by atoms with van der Waals surface area (Å²) in [6.45, 7) is 5.54. The van der Waals surface area contributed by atoms with Gasteiger partial charge in [-0.3, -0.25) is 0 Å². The summed E-state index contributed by atoms with van der Waals surface area (Å²) in [7, 11) is 0. The zero-order valence-corrected chi connectivity index (χ0v) is 13.6. The van der Waals surface area contributed by atoms with Gasteiger partial charge in [0.15, 0.2) is 0 Å². The third-order valence-corrected chi connectivity index (χ3v) is 3.60. The zero-order valence-electron chi connectivity index (χ0n) is 13.6. The summed E-state index contributed by atoms with van der Waals surface area (Å²) >= 11 is 0. The fraction of sp³-hybridized carbons (Fsp3) is 0.438. The van der Waals surface area contributed by atoms with Crippen molar-refractivity contribution in [1.82, 2.24) is 14.8 Å². The van der Waals surface area contributed by atoms with Crippen molar-refractivity contribution in [3.63, 3.8) is 0 Å². The van der Waals surface area contributed by atoms with Crippen LogP contribution in [0.3, 0.4) is 0 Å². The summed E-state index contributed by atoms with van der Waals surface area (Å²) in [6.07, 6.45) is 0.774. The second-order valence-electron chi connectivity index (χ2n) is 5.24. The van der Waals surface area contributed by atoms with Gasteiger partial charge in [-0.2, -0.15) is 9.49 Å². The Morgan fingerprint density at radius 2 is 2.29 bits per heavy atom. The predicted octanol–water partition coefficient (Wildman–Crippen LogP) is 2.48. The van der Waals surface area contributed by atoms with Crippen LogP contribution in [0.2, 0.25) is 0 Å². The molecule has 0 amide bonds. The number of nitrogens with one attached hydrogen (secondary N) is 1. The molecule has 0 unspecified atom stereocenters. The maximum Gasteiger partial charge on any atom is 0.345 e. The molecule has 8 heteroatoms. The van der Waals surface area contributed by atoms with E-state index in [0.29, 0.717) is 31.4 Å². The van der Waals surface area contributed by atoms with Crippen LogP contribution in [0.1, 0.15) is 30.6 Å². The first-order valence-electron chi connectivity index (χ1n) is 7.97. The van der Waals surface area contributed by atoms with Crippen LogP contribution in [-0.2, 0) is 11.3 Å². The van der Waals surface area contributed by atoms with Crippen molar-refractivity contribution >= 4 is 11.8 Å². The lowest BCUT2D eigenvalue weighted by Crippen LogP contribution is -2.16. The molecule has 0 atom stereocenters. The van der Waals surface area contributed by atoms with E-state index in [0.717, 1.165) is 6.42 Å². The fourth-order valence-corrected chi connectivity index (χ4v) is 2.59. The van der Waals surface area contributed by atoms with Gasteiger partial charge >= 0.3 is 5.97 Å². The number of carbonyl (C=O) groups excluding carboxylic acids is 1. The molecule has 0 spiro atoms. The summed E-state index contributed by atoms with van der Waals surface area (Å²) < 4.78 is 26.7. The molecule has 3 heterocycles. The maximum absolute atomic E-state index is 14.5. The van der Waals surface area contributed by atoms with Gasteiger partial charge in [0.1, 0.15) is 17.1 Å². The zero-order chi connectivity index (χ0) is 17.1. The van der Waals surface area contributed by atoms with Gasteiger partial charge in [0.2, 0.25) is 11.8 Å². The van der Waals surface area contributed by atoms with Gasteiger partial charge in [-0.15, -0.1) is 0 Å². The molecule has 7 nitrogen and oxygen atoms in total. The molecule has 1 aliphatic rings. The molecule has 1 aliphatic heterocycles. The number of fused-ring (bicyclic) bond motifs is 1. The highest BCUT2D eigenvalue weighted by Gasteiger charge is 2.30. The predicted molar refractivity (Wildman–Crippen MR) is 85.6 cm³/mol. The van der Waals surface area contributed by atoms with E-state index in [4.69, 9.17) is 9.47 Å². The molecule has 0 fully saturated rings. The fourth-order valence-electron chi connectivity index (χ4n) is 2.59. The molecule has 0 aromatic carbocycles. The molecule has 2 aromatic heterocycles. The van der Waals surface area contributed by atoms with Crippen molar-refractivity contribution in [3.8, 4) is 17.1 Å². The summed E-state index contributed by atoms with van der Waals surface area (Å²) in [6, 6.07) is 3.20. The molecule has 0 bridgehead atoms. The van der Waals surface area contributed by atoms with Gasteiger partial charge in [-0.25, -0.2) is 14.5 Å². The molecule has 128 valence electrons. The first-order valence-corrected chi connectivity index (χ1v) is 7.97. The normalized spacial score (nSPS) is 13.1. The second-order valence-corrected chi connectivity index (χ2v) is 5.24. The molecule has 3 rings (SSSR count). The van der Waals surface area contributed by atoms with E-state index in [1.165, 1.54) is 0 Å². The second kappa shape index (κ2) is 6.86. The molecule has 0 radical (unpaired) electrons. The van der Waals surface area contributed by atoms with E-state index in [1.807, 2.05) is 6.92 Å². The van der Waals surface area contributed by atoms with Gasteiger partial charge in [-0.05, 0) is 26.0 Å². The quantitative estimate of drug-likeness (QED) is 0.668. The average molecular weight is 334 g/mol. The molecule has 0 saturated heterocycles. The number of pyridine rings is 1. The molecule has 1 N–H and O–H groups in total. The number of nitrogens with zero attached hydrogens (tertiary/aromatic N) is 3. The van der Waals surface area contributed by atoms with Crippen molar-refractivity contribution in [2.75, 3.05) is 25.1 Å². The maximum atomic E-state index is 14.5. The topological polar surface area (TPSA) is 78.3 Å². The Hall–Kier alpha value is -2.64. The summed E-state index contributed by atoms with van der Waals surface area (Å²) in [4.78, 5) is 16.2. The lowest BCUT2D eigenvalue weighted by molar-refractivity contribution is 0.0520. The Bertz CT molecular complexity index is 760. The Morgan fingerprint density at radius 3 is 3.00 bits per heavy atom. The number of anilines is 1. The number of rotatable bonds is 5. The molecule has 0 aliphatic carbocycles. The van der Waals surface area contributed by atoms with Gasteiger partial charge in [-0.1, -0.05) is 0 Å². The Kier molecular flexibility index (Phi) is 4.64. The minimum absolute atomic E-state index is 0.144. The van der Waals surface area contributed by atoms with Crippen molar-refractivity contribution < 1.29 is 18.7 Å². The highest BCUT2D eigenvalue weighted by molar-refractivity contribution is 5.98. The summed E-state index contributed by atoms with van der Waals surface area (Å²) in [5.74, 6) is -0.526. The van der Waals surface area contributed by atoms with E-state index >= 15 is 0 Å². The lowest BCUT2D eigenvalue weighted by atomic mass is 10.1. The number of hydrogen-bond donors (Lipinski definition) is 1. The highest BCUT2D eigenvalue weighted by atomic mass is 19.1. The average Bonchev–Trinajstić information content (AvgIpc) is 2.94. The van der Waals surface area contributed by atoms with E-state index in [1.54, 1.807) is 23.7 Å². The minimum Gasteiger partial charge on any atom is -0.477 e. The summed E-state index contributed by atoms with van der Waals surface area (Å²) in [5.41, 5.74) is 0.483. The Balaban J connectivity index is 2.10. The number of aryl methyl sites for hydroxylation is 1. The molecule has 24 heavy (non-hydrogen) atoms. The summed E-state index contributed by atoms with van der Waals surface area (Å²) in [5, 5.41) is 7.29. The van der Waals surface area contributed by atoms with E-state index in [-0.39, 0.29) is 23.4 Å². The van der Waals surface area contributed by atoms with Gasteiger partial charge in [0.05, 0.1) is 18.8 Å². The smallest absolute Gasteiger partial charge is 0.345 e. The van der Waals surface area contributed by atoms with Gasteiger partial charge < -0.3 is 14.8 Å². The molecular formula is C16H19FN4O3. The van der Waals surface area contributed by atoms with Gasteiger partial charge in [0, 0.05) is 19.5 Å². The third kappa shape index (κ3) is 2.91. The number of halogens is 1. The first kappa shape index (κ1) is 16.2. The molecule has 2 aromatic rings. The number of esters is 1.